The van der Waals surface area contributed by atoms with E-state index in [1.54, 1.807) is 12.1 Å². The summed E-state index contributed by atoms with van der Waals surface area (Å²) >= 11 is 0. The molecule has 1 rings (SSSR count). The Morgan fingerprint density at radius 3 is 2.69 bits per heavy atom. The van der Waals surface area contributed by atoms with Gasteiger partial charge in [0, 0.05) is 5.56 Å². The number of carbonyl (C=O) groups is 1. The number of nitrogens with zero attached hydrogens (tertiary/aromatic N) is 1. The summed E-state index contributed by atoms with van der Waals surface area (Å²) in [7, 11) is 0. The Kier molecular flexibility index (Phi) is 2.65. The lowest BCUT2D eigenvalue weighted by Crippen LogP contribution is -2.11. The molecule has 0 aliphatic carbocycles. The van der Waals surface area contributed by atoms with Crippen LogP contribution in [0.4, 0.5) is 0 Å². The van der Waals surface area contributed by atoms with Crippen LogP contribution in [0.25, 0.3) is 0 Å². The zero-order valence-electron chi connectivity index (χ0n) is 7.37. The van der Waals surface area contributed by atoms with Crippen LogP contribution in [0.1, 0.15) is 28.4 Å². The number of benzene rings is 1. The van der Waals surface area contributed by atoms with E-state index >= 15 is 0 Å². The van der Waals surface area contributed by atoms with Crippen LogP contribution in [-0.2, 0) is 6.42 Å². The largest absolute Gasteiger partial charge is 0.366 e. The molecule has 66 valence electrons. The van der Waals surface area contributed by atoms with Crippen LogP contribution in [0, 0.1) is 11.3 Å². The van der Waals surface area contributed by atoms with Crippen molar-refractivity contribution in [2.24, 2.45) is 5.73 Å². The second-order valence-electron chi connectivity index (χ2n) is 2.75. The van der Waals surface area contributed by atoms with Gasteiger partial charge >= 0.3 is 0 Å². The third-order valence-electron chi connectivity index (χ3n) is 1.81. The predicted octanol–water partition coefficient (Wildman–Crippen LogP) is 1.22. The fourth-order valence-electron chi connectivity index (χ4n) is 1.10. The van der Waals surface area contributed by atoms with Crippen LogP contribution in [0.2, 0.25) is 0 Å². The molecule has 13 heavy (non-hydrogen) atoms. The van der Waals surface area contributed by atoms with Crippen molar-refractivity contribution >= 4 is 5.91 Å². The molecule has 0 radical (unpaired) electrons. The molecule has 0 atom stereocenters. The Labute approximate surface area is 76.8 Å². The number of carbonyl (C=O) groups excluding carboxylic acids is 1. The van der Waals surface area contributed by atoms with Gasteiger partial charge in [-0.25, -0.2) is 0 Å². The van der Waals surface area contributed by atoms with Crippen molar-refractivity contribution in [1.82, 2.24) is 0 Å². The zero-order valence-corrected chi connectivity index (χ0v) is 7.37. The number of hydrogen-bond donors (Lipinski definition) is 1. The van der Waals surface area contributed by atoms with Gasteiger partial charge in [-0.1, -0.05) is 6.92 Å². The van der Waals surface area contributed by atoms with Crippen LogP contribution in [0.5, 0.6) is 0 Å². The topological polar surface area (TPSA) is 66.9 Å². The highest BCUT2D eigenvalue weighted by Gasteiger charge is 2.03. The molecule has 0 unspecified atom stereocenters. The Hall–Kier alpha value is -1.82. The van der Waals surface area contributed by atoms with E-state index in [0.29, 0.717) is 11.1 Å². The summed E-state index contributed by atoms with van der Waals surface area (Å²) in [6.45, 7) is 1.96. The van der Waals surface area contributed by atoms with Gasteiger partial charge in [0.2, 0.25) is 5.91 Å². The van der Waals surface area contributed by atoms with Gasteiger partial charge in [0.15, 0.2) is 0 Å². The SMILES string of the molecule is CCc1cc(C#N)cc(C(N)=O)c1. The summed E-state index contributed by atoms with van der Waals surface area (Å²) in [5, 5.41) is 8.66. The molecule has 0 heterocycles. The molecule has 0 fully saturated rings. The van der Waals surface area contributed by atoms with Gasteiger partial charge < -0.3 is 5.73 Å². The molecular weight excluding hydrogens is 164 g/mol. The van der Waals surface area contributed by atoms with Crippen molar-refractivity contribution in [3.8, 4) is 6.07 Å². The van der Waals surface area contributed by atoms with Gasteiger partial charge in [-0.05, 0) is 30.2 Å². The Morgan fingerprint density at radius 1 is 1.54 bits per heavy atom. The minimum Gasteiger partial charge on any atom is -0.366 e. The number of nitrogens with two attached hydrogens (primary N) is 1. The maximum Gasteiger partial charge on any atom is 0.248 e. The number of hydrogen-bond acceptors (Lipinski definition) is 2. The lowest BCUT2D eigenvalue weighted by Gasteiger charge is -2.00. The van der Waals surface area contributed by atoms with E-state index in [4.69, 9.17) is 11.0 Å². The summed E-state index contributed by atoms with van der Waals surface area (Å²) in [4.78, 5) is 10.9. The highest BCUT2D eigenvalue weighted by atomic mass is 16.1. The fraction of sp³-hybridized carbons (Fsp3) is 0.200. The third-order valence-corrected chi connectivity index (χ3v) is 1.81. The summed E-state index contributed by atoms with van der Waals surface area (Å²) in [6.07, 6.45) is 0.788. The predicted molar refractivity (Wildman–Crippen MR) is 49.1 cm³/mol. The van der Waals surface area contributed by atoms with Crippen molar-refractivity contribution in [1.29, 1.82) is 5.26 Å². The van der Waals surface area contributed by atoms with Crippen molar-refractivity contribution in [3.05, 3.63) is 34.9 Å². The van der Waals surface area contributed by atoms with E-state index in [2.05, 4.69) is 0 Å². The van der Waals surface area contributed by atoms with Crippen LogP contribution in [0.3, 0.4) is 0 Å². The van der Waals surface area contributed by atoms with Crippen molar-refractivity contribution < 1.29 is 4.79 Å². The maximum absolute atomic E-state index is 10.9. The molecular formula is C10H10N2O. The normalized spacial score (nSPS) is 9.23. The van der Waals surface area contributed by atoms with E-state index in [1.165, 1.54) is 6.07 Å². The zero-order chi connectivity index (χ0) is 9.84. The van der Waals surface area contributed by atoms with Crippen molar-refractivity contribution in [2.45, 2.75) is 13.3 Å². The molecule has 0 spiro atoms. The Morgan fingerprint density at radius 2 is 2.23 bits per heavy atom. The van der Waals surface area contributed by atoms with E-state index in [0.717, 1.165) is 12.0 Å². The maximum atomic E-state index is 10.9. The van der Waals surface area contributed by atoms with Crippen molar-refractivity contribution in [2.75, 3.05) is 0 Å². The third kappa shape index (κ3) is 2.06. The smallest absolute Gasteiger partial charge is 0.248 e. The summed E-state index contributed by atoms with van der Waals surface area (Å²) in [6, 6.07) is 6.96. The minimum atomic E-state index is -0.494. The van der Waals surface area contributed by atoms with Gasteiger partial charge in [0.1, 0.15) is 0 Å². The van der Waals surface area contributed by atoms with E-state index in [-0.39, 0.29) is 0 Å². The molecule has 0 aliphatic rings. The second-order valence-corrected chi connectivity index (χ2v) is 2.75. The first-order valence-electron chi connectivity index (χ1n) is 4.01. The second kappa shape index (κ2) is 3.72. The van der Waals surface area contributed by atoms with Gasteiger partial charge in [-0.3, -0.25) is 4.79 Å². The molecule has 3 nitrogen and oxygen atoms in total. The first-order valence-corrected chi connectivity index (χ1v) is 4.01. The quantitative estimate of drug-likeness (QED) is 0.732. The van der Waals surface area contributed by atoms with E-state index in [9.17, 15) is 4.79 Å². The standard InChI is InChI=1S/C10H10N2O/c1-2-7-3-8(6-11)5-9(4-7)10(12)13/h3-5H,2H2,1H3,(H2,12,13). The minimum absolute atomic E-state index is 0.399. The highest BCUT2D eigenvalue weighted by Crippen LogP contribution is 2.09. The van der Waals surface area contributed by atoms with E-state index < -0.39 is 5.91 Å². The first-order chi connectivity index (χ1) is 6.17. The molecule has 0 saturated heterocycles. The van der Waals surface area contributed by atoms with Gasteiger partial charge in [-0.15, -0.1) is 0 Å². The molecule has 0 bridgehead atoms. The van der Waals surface area contributed by atoms with Gasteiger partial charge in [0.05, 0.1) is 11.6 Å². The van der Waals surface area contributed by atoms with Crippen molar-refractivity contribution in [3.63, 3.8) is 0 Å². The van der Waals surface area contributed by atoms with Crippen LogP contribution < -0.4 is 5.73 Å². The summed E-state index contributed by atoms with van der Waals surface area (Å²) < 4.78 is 0. The summed E-state index contributed by atoms with van der Waals surface area (Å²) in [5.74, 6) is -0.494. The van der Waals surface area contributed by atoms with E-state index in [1.807, 2.05) is 13.0 Å². The number of primary amides is 1. The summed E-state index contributed by atoms with van der Waals surface area (Å²) in [5.41, 5.74) is 6.94. The molecule has 3 heteroatoms. The van der Waals surface area contributed by atoms with Gasteiger partial charge in [0.25, 0.3) is 0 Å². The Bertz CT molecular complexity index is 377. The molecule has 1 aromatic rings. The van der Waals surface area contributed by atoms with Crippen LogP contribution in [-0.4, -0.2) is 5.91 Å². The highest BCUT2D eigenvalue weighted by molar-refractivity contribution is 5.93. The molecule has 2 N–H and O–H groups in total. The molecule has 0 saturated carbocycles. The fourth-order valence-corrected chi connectivity index (χ4v) is 1.10. The number of rotatable bonds is 2. The van der Waals surface area contributed by atoms with Gasteiger partial charge in [-0.2, -0.15) is 5.26 Å². The van der Waals surface area contributed by atoms with Crippen LogP contribution in [0.15, 0.2) is 18.2 Å². The van der Waals surface area contributed by atoms with Crippen LogP contribution >= 0.6 is 0 Å². The monoisotopic (exact) mass is 174 g/mol. The first kappa shape index (κ1) is 9.27. The number of aryl methyl sites for hydroxylation is 1. The average molecular weight is 174 g/mol. The molecule has 0 aromatic heterocycles. The lowest BCUT2D eigenvalue weighted by molar-refractivity contribution is 0.1000. The lowest BCUT2D eigenvalue weighted by atomic mass is 10.0. The average Bonchev–Trinajstić information content (AvgIpc) is 2.16. The molecule has 0 aliphatic heterocycles. The number of amides is 1. The molecule has 1 aromatic carbocycles. The Balaban J connectivity index is 3.24. The molecule has 1 amide bonds. The number of nitriles is 1.